The lowest BCUT2D eigenvalue weighted by Gasteiger charge is -2.10. The molecule has 0 bridgehead atoms. The minimum Gasteiger partial charge on any atom is -0.272 e. The molecule has 1 amide bonds. The predicted octanol–water partition coefficient (Wildman–Crippen LogP) is 1.43. The van der Waals surface area contributed by atoms with Gasteiger partial charge in [0.15, 0.2) is 0 Å². The second kappa shape index (κ2) is 2.51. The number of carbonyl (C=O) groups is 1. The molecule has 0 aromatic rings. The number of fused-ring (bicyclic) bond motifs is 1. The maximum Gasteiger partial charge on any atom is 0.256 e. The first kappa shape index (κ1) is 7.65. The highest BCUT2D eigenvalue weighted by Gasteiger charge is 2.35. The summed E-state index contributed by atoms with van der Waals surface area (Å²) in [4.78, 5) is 19.5. The lowest BCUT2D eigenvalue weighted by molar-refractivity contribution is -0.119. The van der Waals surface area contributed by atoms with Crippen molar-refractivity contribution >= 4 is 17.5 Å². The molecule has 2 aliphatic rings. The molecule has 0 radical (unpaired) electrons. The van der Waals surface area contributed by atoms with E-state index in [1.807, 2.05) is 0 Å². The van der Waals surface area contributed by atoms with E-state index in [9.17, 15) is 4.79 Å². The number of hydrogen-bond donors (Lipinski definition) is 0. The minimum absolute atomic E-state index is 0.0156. The first-order chi connectivity index (χ1) is 5.66. The number of nitrogens with zero attached hydrogens (tertiary/aromatic N) is 2. The molecule has 0 aromatic carbocycles. The van der Waals surface area contributed by atoms with Crippen LogP contribution in [0.5, 0.6) is 0 Å². The lowest BCUT2D eigenvalue weighted by atomic mass is 10.0. The number of amidine groups is 1. The van der Waals surface area contributed by atoms with Gasteiger partial charge >= 0.3 is 0 Å². The smallest absolute Gasteiger partial charge is 0.256 e. The van der Waals surface area contributed by atoms with Crippen molar-refractivity contribution in [3.05, 3.63) is 0 Å². The summed E-state index contributed by atoms with van der Waals surface area (Å²) in [5.74, 6) is 1.25. The molecule has 1 aliphatic carbocycles. The Hall–Kier alpha value is -0.990. The third-order valence-corrected chi connectivity index (χ3v) is 2.47. The molecule has 64 valence electrons. The van der Waals surface area contributed by atoms with Gasteiger partial charge in [-0.15, -0.1) is 0 Å². The zero-order chi connectivity index (χ0) is 8.72. The fourth-order valence-corrected chi connectivity index (χ4v) is 1.96. The third kappa shape index (κ3) is 1.09. The summed E-state index contributed by atoms with van der Waals surface area (Å²) in [5, 5.41) is 0. The van der Waals surface area contributed by atoms with Crippen molar-refractivity contribution in [2.75, 3.05) is 0 Å². The Labute approximate surface area is 71.6 Å². The van der Waals surface area contributed by atoms with E-state index < -0.39 is 0 Å². The van der Waals surface area contributed by atoms with E-state index >= 15 is 0 Å². The first-order valence-corrected chi connectivity index (χ1v) is 4.33. The molecule has 1 saturated carbocycles. The zero-order valence-corrected chi connectivity index (χ0v) is 7.37. The van der Waals surface area contributed by atoms with Crippen LogP contribution in [0.4, 0.5) is 0 Å². The molecule has 0 spiro atoms. The maximum absolute atomic E-state index is 11.4. The second-order valence-electron chi connectivity index (χ2n) is 3.70. The summed E-state index contributed by atoms with van der Waals surface area (Å²) in [5.41, 5.74) is 1.06. The van der Waals surface area contributed by atoms with Crippen LogP contribution in [0.3, 0.4) is 0 Å². The van der Waals surface area contributed by atoms with Crippen molar-refractivity contribution < 1.29 is 4.79 Å². The topological polar surface area (TPSA) is 41.8 Å². The van der Waals surface area contributed by atoms with Crippen molar-refractivity contribution in [2.24, 2.45) is 21.8 Å². The summed E-state index contributed by atoms with van der Waals surface area (Å²) >= 11 is 0. The van der Waals surface area contributed by atoms with E-state index in [4.69, 9.17) is 0 Å². The summed E-state index contributed by atoms with van der Waals surface area (Å²) in [6.07, 6.45) is 1.91. The molecule has 1 heterocycles. The number of rotatable bonds is 0. The average Bonchev–Trinajstić information content (AvgIpc) is 2.29. The SMILES string of the molecule is CC1=NC(=O)C2C[C@@H](C)CC2=N1. The maximum atomic E-state index is 11.4. The fourth-order valence-electron chi connectivity index (χ4n) is 1.96. The Balaban J connectivity index is 2.32. The highest BCUT2D eigenvalue weighted by molar-refractivity contribution is 6.16. The van der Waals surface area contributed by atoms with Crippen LogP contribution in [-0.2, 0) is 4.79 Å². The van der Waals surface area contributed by atoms with Crippen LogP contribution in [0, 0.1) is 11.8 Å². The van der Waals surface area contributed by atoms with Crippen molar-refractivity contribution in [3.63, 3.8) is 0 Å². The van der Waals surface area contributed by atoms with Crippen LogP contribution in [0.2, 0.25) is 0 Å². The highest BCUT2D eigenvalue weighted by atomic mass is 16.1. The van der Waals surface area contributed by atoms with Gasteiger partial charge in [0.05, 0.1) is 5.92 Å². The van der Waals surface area contributed by atoms with Gasteiger partial charge < -0.3 is 0 Å². The lowest BCUT2D eigenvalue weighted by Crippen LogP contribution is -2.22. The quantitative estimate of drug-likeness (QED) is 0.534. The van der Waals surface area contributed by atoms with Gasteiger partial charge in [-0.1, -0.05) is 6.92 Å². The number of aliphatic imine (C=N–C) groups is 2. The molecule has 3 nitrogen and oxygen atoms in total. The zero-order valence-electron chi connectivity index (χ0n) is 7.37. The van der Waals surface area contributed by atoms with E-state index in [2.05, 4.69) is 16.9 Å². The summed E-state index contributed by atoms with van der Waals surface area (Å²) < 4.78 is 0. The molecule has 0 N–H and O–H groups in total. The van der Waals surface area contributed by atoms with Gasteiger partial charge in [0, 0.05) is 5.71 Å². The van der Waals surface area contributed by atoms with E-state index in [1.165, 1.54) is 0 Å². The average molecular weight is 164 g/mol. The minimum atomic E-state index is 0.0156. The molecule has 2 atom stereocenters. The standard InChI is InChI=1S/C9H12N2O/c1-5-3-7-8(4-5)10-6(2)11-9(7)12/h5,7H,3-4H2,1-2H3/t5-,7?/m1/s1. The third-order valence-electron chi connectivity index (χ3n) is 2.47. The molecule has 0 aromatic heterocycles. The Kier molecular flexibility index (Phi) is 1.60. The van der Waals surface area contributed by atoms with Crippen LogP contribution in [0.1, 0.15) is 26.7 Å². The highest BCUT2D eigenvalue weighted by Crippen LogP contribution is 2.31. The van der Waals surface area contributed by atoms with Crippen molar-refractivity contribution in [3.8, 4) is 0 Å². The van der Waals surface area contributed by atoms with Gasteiger partial charge in [0.2, 0.25) is 0 Å². The molecule has 1 unspecified atom stereocenters. The van der Waals surface area contributed by atoms with Gasteiger partial charge in [-0.25, -0.2) is 4.99 Å². The number of amides is 1. The Bertz CT molecular complexity index is 291. The van der Waals surface area contributed by atoms with Crippen molar-refractivity contribution in [1.29, 1.82) is 0 Å². The van der Waals surface area contributed by atoms with Gasteiger partial charge in [-0.3, -0.25) is 4.79 Å². The number of carbonyl (C=O) groups excluding carboxylic acids is 1. The number of hydrogen-bond acceptors (Lipinski definition) is 2. The first-order valence-electron chi connectivity index (χ1n) is 4.33. The summed E-state index contributed by atoms with van der Waals surface area (Å²) in [6.45, 7) is 3.94. The Morgan fingerprint density at radius 3 is 2.92 bits per heavy atom. The molecule has 1 fully saturated rings. The van der Waals surface area contributed by atoms with Gasteiger partial charge in [0.25, 0.3) is 5.91 Å². The van der Waals surface area contributed by atoms with E-state index in [0.717, 1.165) is 18.6 Å². The monoisotopic (exact) mass is 164 g/mol. The van der Waals surface area contributed by atoms with Gasteiger partial charge in [-0.2, -0.15) is 4.99 Å². The Morgan fingerprint density at radius 2 is 2.17 bits per heavy atom. The van der Waals surface area contributed by atoms with Crippen molar-refractivity contribution in [1.82, 2.24) is 0 Å². The molecule has 12 heavy (non-hydrogen) atoms. The Morgan fingerprint density at radius 1 is 1.42 bits per heavy atom. The normalized spacial score (nSPS) is 34.3. The van der Waals surface area contributed by atoms with Crippen LogP contribution in [0.25, 0.3) is 0 Å². The predicted molar refractivity (Wildman–Crippen MR) is 47.4 cm³/mol. The molecular weight excluding hydrogens is 152 g/mol. The summed E-state index contributed by atoms with van der Waals surface area (Å²) in [6, 6.07) is 0. The van der Waals surface area contributed by atoms with E-state index in [1.54, 1.807) is 6.92 Å². The molecule has 3 heteroatoms. The largest absolute Gasteiger partial charge is 0.272 e. The molecular formula is C9H12N2O. The molecule has 1 aliphatic heterocycles. The second-order valence-corrected chi connectivity index (χ2v) is 3.70. The van der Waals surface area contributed by atoms with Crippen LogP contribution in [0.15, 0.2) is 9.98 Å². The van der Waals surface area contributed by atoms with Gasteiger partial charge in [-0.05, 0) is 25.7 Å². The van der Waals surface area contributed by atoms with E-state index in [0.29, 0.717) is 11.8 Å². The molecule has 0 saturated heterocycles. The van der Waals surface area contributed by atoms with Crippen LogP contribution in [-0.4, -0.2) is 17.5 Å². The van der Waals surface area contributed by atoms with Crippen LogP contribution < -0.4 is 0 Å². The van der Waals surface area contributed by atoms with Gasteiger partial charge in [0.1, 0.15) is 5.84 Å². The van der Waals surface area contributed by atoms with Crippen LogP contribution >= 0.6 is 0 Å². The molecule has 2 rings (SSSR count). The summed E-state index contributed by atoms with van der Waals surface area (Å²) in [7, 11) is 0. The van der Waals surface area contributed by atoms with E-state index in [-0.39, 0.29) is 11.8 Å². The fraction of sp³-hybridized carbons (Fsp3) is 0.667. The van der Waals surface area contributed by atoms with Crippen molar-refractivity contribution in [2.45, 2.75) is 26.7 Å².